The zero-order valence-corrected chi connectivity index (χ0v) is 16.2. The number of piperazine rings is 1. The van der Waals surface area contributed by atoms with E-state index in [1.54, 1.807) is 23.0 Å². The molecule has 7 nitrogen and oxygen atoms in total. The number of hydrogen-bond donors (Lipinski definition) is 1. The van der Waals surface area contributed by atoms with E-state index in [0.29, 0.717) is 56.4 Å². The lowest BCUT2D eigenvalue weighted by atomic mass is 10.2. The molecule has 144 valence electrons. The van der Waals surface area contributed by atoms with E-state index in [-0.39, 0.29) is 11.8 Å². The molecule has 0 radical (unpaired) electrons. The molecule has 27 heavy (non-hydrogen) atoms. The molecular weight excluding hydrogens is 366 g/mol. The quantitative estimate of drug-likeness (QED) is 0.820. The van der Waals surface area contributed by atoms with E-state index in [1.165, 1.54) is 0 Å². The van der Waals surface area contributed by atoms with Gasteiger partial charge >= 0.3 is 0 Å². The molecule has 1 aromatic carbocycles. The molecule has 2 heterocycles. The van der Waals surface area contributed by atoms with E-state index in [2.05, 4.69) is 10.4 Å². The third-order valence-corrected chi connectivity index (χ3v) is 4.89. The van der Waals surface area contributed by atoms with Crippen molar-refractivity contribution in [1.82, 2.24) is 19.6 Å². The Kier molecular flexibility index (Phi) is 6.47. The summed E-state index contributed by atoms with van der Waals surface area (Å²) in [6.07, 6.45) is 4.16. The Balaban J connectivity index is 1.40. The molecule has 0 aliphatic carbocycles. The van der Waals surface area contributed by atoms with Gasteiger partial charge in [0.25, 0.3) is 0 Å². The summed E-state index contributed by atoms with van der Waals surface area (Å²) >= 11 is 6.06. The number of carbonyl (C=O) groups excluding carboxylic acids is 2. The summed E-state index contributed by atoms with van der Waals surface area (Å²) in [5.41, 5.74) is 1.71. The van der Waals surface area contributed by atoms with Crippen LogP contribution in [0.3, 0.4) is 0 Å². The highest BCUT2D eigenvalue weighted by atomic mass is 35.5. The second kappa shape index (κ2) is 9.01. The molecule has 0 atom stereocenters. The first kappa shape index (κ1) is 19.4. The molecule has 1 fully saturated rings. The maximum absolute atomic E-state index is 12.4. The third-order valence-electron chi connectivity index (χ3n) is 4.56. The Bertz CT molecular complexity index is 799. The molecule has 0 saturated carbocycles. The lowest BCUT2D eigenvalue weighted by molar-refractivity contribution is -0.133. The first-order chi connectivity index (χ1) is 13.0. The van der Waals surface area contributed by atoms with E-state index in [1.807, 2.05) is 35.1 Å². The number of amides is 2. The van der Waals surface area contributed by atoms with Crippen LogP contribution in [0.25, 0.3) is 0 Å². The predicted molar refractivity (Wildman–Crippen MR) is 105 cm³/mol. The van der Waals surface area contributed by atoms with E-state index >= 15 is 0 Å². The highest BCUT2D eigenvalue weighted by Gasteiger charge is 2.22. The Morgan fingerprint density at radius 2 is 1.93 bits per heavy atom. The van der Waals surface area contributed by atoms with E-state index in [4.69, 9.17) is 11.6 Å². The van der Waals surface area contributed by atoms with Crippen LogP contribution in [0.2, 0.25) is 5.02 Å². The number of halogens is 1. The van der Waals surface area contributed by atoms with Crippen molar-refractivity contribution in [3.63, 3.8) is 0 Å². The Morgan fingerprint density at radius 1 is 1.19 bits per heavy atom. The van der Waals surface area contributed by atoms with Gasteiger partial charge in [0.2, 0.25) is 11.8 Å². The summed E-state index contributed by atoms with van der Waals surface area (Å²) in [7, 11) is 0. The zero-order valence-electron chi connectivity index (χ0n) is 15.4. The molecule has 1 aliphatic rings. The number of nitrogens with zero attached hydrogens (tertiary/aromatic N) is 4. The van der Waals surface area contributed by atoms with Gasteiger partial charge in [-0.2, -0.15) is 5.10 Å². The van der Waals surface area contributed by atoms with Gasteiger partial charge in [-0.3, -0.25) is 19.2 Å². The summed E-state index contributed by atoms with van der Waals surface area (Å²) in [6.45, 7) is 5.50. The number of aryl methyl sites for hydroxylation is 2. The summed E-state index contributed by atoms with van der Waals surface area (Å²) in [4.78, 5) is 28.5. The van der Waals surface area contributed by atoms with E-state index in [0.717, 1.165) is 5.56 Å². The number of nitrogens with one attached hydrogen (secondary N) is 1. The van der Waals surface area contributed by atoms with Gasteiger partial charge in [0.1, 0.15) is 0 Å². The molecule has 1 saturated heterocycles. The van der Waals surface area contributed by atoms with Crippen LogP contribution in [0.4, 0.5) is 5.69 Å². The van der Waals surface area contributed by atoms with E-state index < -0.39 is 0 Å². The summed E-state index contributed by atoms with van der Waals surface area (Å²) in [5.74, 6) is 0.0280. The Morgan fingerprint density at radius 3 is 2.59 bits per heavy atom. The number of carbonyl (C=O) groups is 2. The number of aromatic nitrogens is 2. The summed E-state index contributed by atoms with van der Waals surface area (Å²) < 4.78 is 1.79. The van der Waals surface area contributed by atoms with Crippen molar-refractivity contribution in [2.24, 2.45) is 0 Å². The van der Waals surface area contributed by atoms with E-state index in [9.17, 15) is 9.59 Å². The van der Waals surface area contributed by atoms with Gasteiger partial charge in [-0.1, -0.05) is 23.7 Å². The fourth-order valence-electron chi connectivity index (χ4n) is 3.07. The molecule has 1 N–H and O–H groups in total. The first-order valence-electron chi connectivity index (χ1n) is 9.05. The van der Waals surface area contributed by atoms with Crippen LogP contribution in [0, 0.1) is 6.92 Å². The van der Waals surface area contributed by atoms with Crippen LogP contribution in [0.15, 0.2) is 36.7 Å². The molecule has 1 aliphatic heterocycles. The van der Waals surface area contributed by atoms with Crippen LogP contribution < -0.4 is 5.32 Å². The van der Waals surface area contributed by atoms with Crippen molar-refractivity contribution >= 4 is 29.1 Å². The number of rotatable bonds is 6. The second-order valence-electron chi connectivity index (χ2n) is 6.72. The minimum atomic E-state index is -0.100. The maximum Gasteiger partial charge on any atom is 0.238 e. The SMILES string of the molecule is Cc1cnn(CCC(=O)N2CCN(CC(=O)Nc3ccccc3Cl)CC2)c1. The standard InChI is InChI=1S/C19H24ClN5O2/c1-15-12-21-25(13-15)7-6-19(27)24-10-8-23(9-11-24)14-18(26)22-17-5-3-2-4-16(17)20/h2-5,12-13H,6-11,14H2,1H3,(H,22,26). The van der Waals surface area contributed by atoms with Crippen molar-refractivity contribution < 1.29 is 9.59 Å². The largest absolute Gasteiger partial charge is 0.340 e. The topological polar surface area (TPSA) is 70.5 Å². The average Bonchev–Trinajstić information content (AvgIpc) is 3.07. The summed E-state index contributed by atoms with van der Waals surface area (Å²) in [5, 5.41) is 7.55. The van der Waals surface area contributed by atoms with Gasteiger partial charge in [0.15, 0.2) is 0 Å². The first-order valence-corrected chi connectivity index (χ1v) is 9.42. The number of para-hydroxylation sites is 1. The van der Waals surface area contributed by atoms with Gasteiger partial charge in [-0.15, -0.1) is 0 Å². The number of hydrogen-bond acceptors (Lipinski definition) is 4. The van der Waals surface area contributed by atoms with Gasteiger partial charge in [-0.25, -0.2) is 0 Å². The average molecular weight is 390 g/mol. The third kappa shape index (κ3) is 5.55. The van der Waals surface area contributed by atoms with Crippen LogP contribution in [0.5, 0.6) is 0 Å². The highest BCUT2D eigenvalue weighted by Crippen LogP contribution is 2.20. The zero-order chi connectivity index (χ0) is 19.2. The molecule has 8 heteroatoms. The monoisotopic (exact) mass is 389 g/mol. The van der Waals surface area contributed by atoms with Crippen LogP contribution in [0.1, 0.15) is 12.0 Å². The Labute approximate surface area is 163 Å². The summed E-state index contributed by atoms with van der Waals surface area (Å²) in [6, 6.07) is 7.17. The molecule has 2 amide bonds. The number of benzene rings is 1. The fourth-order valence-corrected chi connectivity index (χ4v) is 3.25. The van der Waals surface area contributed by atoms with Crippen molar-refractivity contribution in [1.29, 1.82) is 0 Å². The van der Waals surface area contributed by atoms with Crippen LogP contribution >= 0.6 is 11.6 Å². The van der Waals surface area contributed by atoms with Crippen molar-refractivity contribution in [3.05, 3.63) is 47.2 Å². The Hall–Kier alpha value is -2.38. The highest BCUT2D eigenvalue weighted by molar-refractivity contribution is 6.33. The molecule has 2 aromatic rings. The second-order valence-corrected chi connectivity index (χ2v) is 7.12. The van der Waals surface area contributed by atoms with Crippen molar-refractivity contribution in [2.75, 3.05) is 38.0 Å². The maximum atomic E-state index is 12.4. The van der Waals surface area contributed by atoms with Crippen LogP contribution in [-0.2, 0) is 16.1 Å². The minimum Gasteiger partial charge on any atom is -0.340 e. The molecule has 1 aromatic heterocycles. The molecule has 3 rings (SSSR count). The lowest BCUT2D eigenvalue weighted by Gasteiger charge is -2.34. The van der Waals surface area contributed by atoms with Gasteiger partial charge in [-0.05, 0) is 24.6 Å². The molecule has 0 unspecified atom stereocenters. The number of anilines is 1. The molecule has 0 bridgehead atoms. The fraction of sp³-hybridized carbons (Fsp3) is 0.421. The lowest BCUT2D eigenvalue weighted by Crippen LogP contribution is -2.50. The van der Waals surface area contributed by atoms with Gasteiger partial charge < -0.3 is 10.2 Å². The molecular formula is C19H24ClN5O2. The normalized spacial score (nSPS) is 15.0. The smallest absolute Gasteiger partial charge is 0.238 e. The molecule has 0 spiro atoms. The van der Waals surface area contributed by atoms with Gasteiger partial charge in [0.05, 0.1) is 23.5 Å². The minimum absolute atomic E-state index is 0.100. The van der Waals surface area contributed by atoms with Gasteiger partial charge in [0, 0.05) is 45.3 Å². The van der Waals surface area contributed by atoms with Crippen LogP contribution in [-0.4, -0.2) is 64.1 Å². The van der Waals surface area contributed by atoms with Crippen molar-refractivity contribution in [3.8, 4) is 0 Å². The predicted octanol–water partition coefficient (Wildman–Crippen LogP) is 2.02. The van der Waals surface area contributed by atoms with Crippen molar-refractivity contribution in [2.45, 2.75) is 19.9 Å².